The molecule has 0 aromatic heterocycles. The molecule has 1 aromatic carbocycles. The lowest BCUT2D eigenvalue weighted by Crippen LogP contribution is -2.03. The Morgan fingerprint density at radius 1 is 0.947 bits per heavy atom. The molecule has 0 aliphatic heterocycles. The molecule has 19 heavy (non-hydrogen) atoms. The van der Waals surface area contributed by atoms with Crippen LogP contribution in [-0.4, -0.2) is 5.11 Å². The second-order valence-electron chi connectivity index (χ2n) is 5.54. The molecule has 1 rings (SSSR count). The van der Waals surface area contributed by atoms with Crippen molar-refractivity contribution in [3.8, 4) is 0 Å². The van der Waals surface area contributed by atoms with Crippen molar-refractivity contribution >= 4 is 0 Å². The summed E-state index contributed by atoms with van der Waals surface area (Å²) in [6.07, 6.45) is 8.81. The number of hydrogen-bond acceptors (Lipinski definition) is 1. The molecule has 0 aliphatic carbocycles. The van der Waals surface area contributed by atoms with Gasteiger partial charge < -0.3 is 5.11 Å². The number of rotatable bonds is 9. The first-order valence-electron chi connectivity index (χ1n) is 8.02. The molecule has 0 aliphatic rings. The van der Waals surface area contributed by atoms with Crippen LogP contribution in [0.5, 0.6) is 0 Å². The number of unbranched alkanes of at least 4 members (excludes halogenated alkanes) is 2. The summed E-state index contributed by atoms with van der Waals surface area (Å²) in [7, 11) is 0. The van der Waals surface area contributed by atoms with Crippen LogP contribution in [0.2, 0.25) is 0 Å². The lowest BCUT2D eigenvalue weighted by Gasteiger charge is -2.16. The van der Waals surface area contributed by atoms with Crippen molar-refractivity contribution in [1.29, 1.82) is 0 Å². The Bertz CT molecular complexity index is 357. The third-order valence-electron chi connectivity index (χ3n) is 3.75. The number of aliphatic hydroxyl groups excluding tert-OH is 1. The van der Waals surface area contributed by atoms with E-state index in [-0.39, 0.29) is 6.10 Å². The van der Waals surface area contributed by atoms with Gasteiger partial charge in [-0.25, -0.2) is 0 Å². The molecule has 0 heterocycles. The average molecular weight is 262 g/mol. The summed E-state index contributed by atoms with van der Waals surface area (Å²) in [5, 5.41) is 10.3. The maximum Gasteiger partial charge on any atom is 0.0792 e. The molecule has 0 amide bonds. The van der Waals surface area contributed by atoms with Gasteiger partial charge in [0.15, 0.2) is 0 Å². The van der Waals surface area contributed by atoms with Gasteiger partial charge in [0.05, 0.1) is 6.10 Å². The van der Waals surface area contributed by atoms with Crippen LogP contribution in [0.25, 0.3) is 0 Å². The highest BCUT2D eigenvalue weighted by molar-refractivity contribution is 5.34. The van der Waals surface area contributed by atoms with Crippen molar-refractivity contribution in [2.75, 3.05) is 0 Å². The average Bonchev–Trinajstić information content (AvgIpc) is 2.43. The fourth-order valence-corrected chi connectivity index (χ4v) is 2.53. The SMILES string of the molecule is CCCCc1ccc(C(O)CCC)c(CCCC)c1. The zero-order valence-corrected chi connectivity index (χ0v) is 12.9. The standard InChI is InChI=1S/C18H30O/c1-4-7-10-15-12-13-17(18(19)9-6-3)16(14-15)11-8-5-2/h12-14,18-19H,4-11H2,1-3H3. The first-order valence-corrected chi connectivity index (χ1v) is 8.02. The molecule has 1 N–H and O–H groups in total. The molecule has 1 aromatic rings. The van der Waals surface area contributed by atoms with Crippen molar-refractivity contribution in [3.05, 3.63) is 34.9 Å². The topological polar surface area (TPSA) is 20.2 Å². The van der Waals surface area contributed by atoms with Gasteiger partial charge in [0, 0.05) is 0 Å². The highest BCUT2D eigenvalue weighted by atomic mass is 16.3. The minimum atomic E-state index is -0.280. The van der Waals surface area contributed by atoms with Gasteiger partial charge in [0.25, 0.3) is 0 Å². The van der Waals surface area contributed by atoms with Crippen molar-refractivity contribution in [3.63, 3.8) is 0 Å². The lowest BCUT2D eigenvalue weighted by molar-refractivity contribution is 0.165. The summed E-state index contributed by atoms with van der Waals surface area (Å²) in [5.74, 6) is 0. The Morgan fingerprint density at radius 3 is 2.26 bits per heavy atom. The van der Waals surface area contributed by atoms with Crippen LogP contribution in [0, 0.1) is 0 Å². The van der Waals surface area contributed by atoms with E-state index in [1.54, 1.807) is 0 Å². The Balaban J connectivity index is 2.88. The van der Waals surface area contributed by atoms with Crippen LogP contribution in [0.15, 0.2) is 18.2 Å². The Kier molecular flexibility index (Phi) is 7.81. The fraction of sp³-hybridized carbons (Fsp3) is 0.667. The quantitative estimate of drug-likeness (QED) is 0.648. The summed E-state index contributed by atoms with van der Waals surface area (Å²) >= 11 is 0. The van der Waals surface area contributed by atoms with E-state index in [2.05, 4.69) is 39.0 Å². The zero-order chi connectivity index (χ0) is 14.1. The second-order valence-corrected chi connectivity index (χ2v) is 5.54. The Morgan fingerprint density at radius 2 is 1.63 bits per heavy atom. The van der Waals surface area contributed by atoms with E-state index in [1.165, 1.54) is 43.2 Å². The predicted octanol–water partition coefficient (Wildman–Crippen LogP) is 5.21. The van der Waals surface area contributed by atoms with Gasteiger partial charge in [0.2, 0.25) is 0 Å². The first-order chi connectivity index (χ1) is 9.22. The molecular formula is C18H30O. The van der Waals surface area contributed by atoms with Crippen LogP contribution in [-0.2, 0) is 12.8 Å². The summed E-state index contributed by atoms with van der Waals surface area (Å²) in [4.78, 5) is 0. The minimum absolute atomic E-state index is 0.280. The molecule has 1 nitrogen and oxygen atoms in total. The zero-order valence-electron chi connectivity index (χ0n) is 12.9. The maximum atomic E-state index is 10.3. The number of aliphatic hydroxyl groups is 1. The van der Waals surface area contributed by atoms with Gasteiger partial charge in [-0.3, -0.25) is 0 Å². The van der Waals surface area contributed by atoms with E-state index in [0.29, 0.717) is 0 Å². The molecule has 1 heteroatoms. The molecule has 0 fully saturated rings. The van der Waals surface area contributed by atoms with Crippen molar-refractivity contribution in [1.82, 2.24) is 0 Å². The molecule has 0 radical (unpaired) electrons. The van der Waals surface area contributed by atoms with Crippen molar-refractivity contribution in [2.45, 2.75) is 78.2 Å². The van der Waals surface area contributed by atoms with Crippen LogP contribution >= 0.6 is 0 Å². The van der Waals surface area contributed by atoms with Crippen LogP contribution in [0.3, 0.4) is 0 Å². The van der Waals surface area contributed by atoms with E-state index in [9.17, 15) is 5.11 Å². The predicted molar refractivity (Wildman–Crippen MR) is 83.5 cm³/mol. The molecular weight excluding hydrogens is 232 g/mol. The van der Waals surface area contributed by atoms with Crippen LogP contribution in [0.1, 0.15) is 82.1 Å². The number of hydrogen-bond donors (Lipinski definition) is 1. The van der Waals surface area contributed by atoms with Gasteiger partial charge in [-0.15, -0.1) is 0 Å². The lowest BCUT2D eigenvalue weighted by atomic mass is 9.93. The minimum Gasteiger partial charge on any atom is -0.388 e. The van der Waals surface area contributed by atoms with Crippen LogP contribution in [0.4, 0.5) is 0 Å². The third kappa shape index (κ3) is 5.36. The normalized spacial score (nSPS) is 12.6. The molecule has 0 saturated carbocycles. The van der Waals surface area contributed by atoms with Crippen molar-refractivity contribution < 1.29 is 5.11 Å². The summed E-state index contributed by atoms with van der Waals surface area (Å²) in [6.45, 7) is 6.59. The smallest absolute Gasteiger partial charge is 0.0792 e. The third-order valence-corrected chi connectivity index (χ3v) is 3.75. The van der Waals surface area contributed by atoms with E-state index in [4.69, 9.17) is 0 Å². The molecule has 108 valence electrons. The molecule has 0 saturated heterocycles. The van der Waals surface area contributed by atoms with E-state index in [0.717, 1.165) is 24.8 Å². The molecule has 0 bridgehead atoms. The van der Waals surface area contributed by atoms with Gasteiger partial charge in [-0.2, -0.15) is 0 Å². The summed E-state index contributed by atoms with van der Waals surface area (Å²) in [5.41, 5.74) is 3.97. The van der Waals surface area contributed by atoms with E-state index < -0.39 is 0 Å². The Hall–Kier alpha value is -0.820. The fourth-order valence-electron chi connectivity index (χ4n) is 2.53. The summed E-state index contributed by atoms with van der Waals surface area (Å²) in [6, 6.07) is 6.70. The highest BCUT2D eigenvalue weighted by Crippen LogP contribution is 2.25. The highest BCUT2D eigenvalue weighted by Gasteiger charge is 2.12. The number of benzene rings is 1. The van der Waals surface area contributed by atoms with Crippen molar-refractivity contribution in [2.24, 2.45) is 0 Å². The van der Waals surface area contributed by atoms with Gasteiger partial charge in [-0.1, -0.05) is 58.2 Å². The molecule has 1 atom stereocenters. The summed E-state index contributed by atoms with van der Waals surface area (Å²) < 4.78 is 0. The number of aryl methyl sites for hydroxylation is 2. The monoisotopic (exact) mass is 262 g/mol. The largest absolute Gasteiger partial charge is 0.388 e. The first kappa shape index (κ1) is 16.2. The van der Waals surface area contributed by atoms with Gasteiger partial charge in [-0.05, 0) is 48.8 Å². The van der Waals surface area contributed by atoms with Crippen LogP contribution < -0.4 is 0 Å². The molecule has 1 unspecified atom stereocenters. The van der Waals surface area contributed by atoms with Gasteiger partial charge in [0.1, 0.15) is 0 Å². The Labute approximate surface area is 119 Å². The van der Waals surface area contributed by atoms with E-state index >= 15 is 0 Å². The second kappa shape index (κ2) is 9.14. The molecule has 0 spiro atoms. The van der Waals surface area contributed by atoms with E-state index in [1.807, 2.05) is 0 Å². The maximum absolute atomic E-state index is 10.3. The van der Waals surface area contributed by atoms with Gasteiger partial charge >= 0.3 is 0 Å².